The summed E-state index contributed by atoms with van der Waals surface area (Å²) in [5.41, 5.74) is 26.1. The van der Waals surface area contributed by atoms with Crippen LogP contribution in [-0.4, -0.2) is 15.8 Å². The first kappa shape index (κ1) is 50.7. The lowest BCUT2D eigenvalue weighted by atomic mass is 9.34. The van der Waals surface area contributed by atoms with Crippen molar-refractivity contribution in [3.63, 3.8) is 0 Å². The number of hydrogen-bond acceptors (Lipinski definition) is 3. The van der Waals surface area contributed by atoms with Crippen molar-refractivity contribution in [3.8, 4) is 44.8 Å². The molecule has 0 radical (unpaired) electrons. The Bertz CT molecular complexity index is 5240. The largest absolute Gasteiger partial charge is 0.456 e. The lowest BCUT2D eigenvalue weighted by Gasteiger charge is -2.43. The van der Waals surface area contributed by atoms with Gasteiger partial charge < -0.3 is 18.5 Å². The van der Waals surface area contributed by atoms with Crippen LogP contribution < -0.4 is 21.3 Å². The Morgan fingerprint density at radius 2 is 0.977 bits per heavy atom. The molecule has 86 heavy (non-hydrogen) atoms. The highest BCUT2D eigenvalue weighted by molar-refractivity contribution is 8.00. The van der Waals surface area contributed by atoms with Gasteiger partial charge in [-0.05, 0) is 153 Å². The van der Waals surface area contributed by atoms with Gasteiger partial charge in [0.05, 0.1) is 27.8 Å². The van der Waals surface area contributed by atoms with Crippen LogP contribution in [0.3, 0.4) is 0 Å². The van der Waals surface area contributed by atoms with Gasteiger partial charge in [0.2, 0.25) is 6.71 Å². The summed E-state index contributed by atoms with van der Waals surface area (Å²) in [6.45, 7) is 9.38. The number of aromatic nitrogens is 2. The van der Waals surface area contributed by atoms with Gasteiger partial charge in [0.15, 0.2) is 0 Å². The molecule has 0 aliphatic carbocycles. The average molecular weight is 1120 g/mol. The predicted octanol–water partition coefficient (Wildman–Crippen LogP) is 20.2. The SMILES string of the molecule is CCCCc1cc2oc3ccccc3c2c(-c2ccccc2)c1N1c2cc(-n3c4ccccc4c4cc(-c5ccccc5)ccc43)ccc2B2c3ccc(-n4c5ccccc5c5cc(-c6ccccc6)ccc54)cc3Sc3cc(C(C)(C)C)cc1c32. The Balaban J connectivity index is 0.953. The molecule has 15 aromatic rings. The Hall–Kier alpha value is -9.75. The van der Waals surface area contributed by atoms with Crippen LogP contribution in [0.25, 0.3) is 110 Å². The third kappa shape index (κ3) is 7.85. The van der Waals surface area contributed by atoms with Crippen molar-refractivity contribution in [1.82, 2.24) is 9.13 Å². The zero-order valence-corrected chi connectivity index (χ0v) is 49.4. The molecule has 0 unspecified atom stereocenters. The molecule has 0 spiro atoms. The molecule has 17 rings (SSSR count). The van der Waals surface area contributed by atoms with E-state index in [4.69, 9.17) is 4.42 Å². The lowest BCUT2D eigenvalue weighted by molar-refractivity contribution is 0.589. The molecule has 0 amide bonds. The summed E-state index contributed by atoms with van der Waals surface area (Å²) >= 11 is 1.94. The van der Waals surface area contributed by atoms with Gasteiger partial charge in [0.25, 0.3) is 0 Å². The normalized spacial score (nSPS) is 12.9. The Kier molecular flexibility index (Phi) is 11.6. The molecule has 0 saturated carbocycles. The molecule has 410 valence electrons. The molecular weight excluding hydrogens is 1060 g/mol. The molecule has 4 nitrogen and oxygen atoms in total. The van der Waals surface area contributed by atoms with Crippen LogP contribution in [0.1, 0.15) is 51.7 Å². The van der Waals surface area contributed by atoms with Gasteiger partial charge in [-0.1, -0.05) is 221 Å². The molecule has 5 heterocycles. The minimum atomic E-state index is -0.168. The molecule has 12 aromatic carbocycles. The molecule has 2 aliphatic rings. The Morgan fingerprint density at radius 1 is 0.430 bits per heavy atom. The fraction of sp³-hybridized carbons (Fsp3) is 0.100. The molecule has 0 fully saturated rings. The number of anilines is 3. The molecule has 0 atom stereocenters. The minimum Gasteiger partial charge on any atom is -0.456 e. The van der Waals surface area contributed by atoms with Gasteiger partial charge in [0.1, 0.15) is 11.2 Å². The van der Waals surface area contributed by atoms with Crippen molar-refractivity contribution in [2.45, 2.75) is 62.2 Å². The monoisotopic (exact) mass is 1120 g/mol. The first-order valence-electron chi connectivity index (χ1n) is 30.4. The maximum atomic E-state index is 6.95. The van der Waals surface area contributed by atoms with E-state index >= 15 is 0 Å². The van der Waals surface area contributed by atoms with E-state index in [1.165, 1.54) is 131 Å². The summed E-state index contributed by atoms with van der Waals surface area (Å²) in [7, 11) is 0. The number of unbranched alkanes of at least 4 members (excludes halogenated alkanes) is 1. The number of benzene rings is 12. The van der Waals surface area contributed by atoms with Crippen LogP contribution in [0.4, 0.5) is 17.1 Å². The van der Waals surface area contributed by atoms with E-state index in [2.05, 4.69) is 297 Å². The Labute approximate surface area is 505 Å². The molecule has 0 bridgehead atoms. The summed E-state index contributed by atoms with van der Waals surface area (Å²) in [5, 5.41) is 7.25. The van der Waals surface area contributed by atoms with Gasteiger partial charge in [0, 0.05) is 70.4 Å². The number of nitrogens with zero attached hydrogens (tertiary/aromatic N) is 3. The van der Waals surface area contributed by atoms with E-state index in [1.807, 2.05) is 11.8 Å². The second-order valence-corrected chi connectivity index (χ2v) is 25.7. The van der Waals surface area contributed by atoms with Crippen molar-refractivity contribution in [3.05, 3.63) is 266 Å². The number of hydrogen-bond donors (Lipinski definition) is 0. The first-order chi connectivity index (χ1) is 42.3. The molecule has 2 aliphatic heterocycles. The molecule has 0 saturated heterocycles. The smallest absolute Gasteiger partial charge is 0.249 e. The third-order valence-electron chi connectivity index (χ3n) is 18.5. The minimum absolute atomic E-state index is 0.0597. The summed E-state index contributed by atoms with van der Waals surface area (Å²) in [6.07, 6.45) is 2.99. The molecular formula is C80H60BN3OS. The van der Waals surface area contributed by atoms with Gasteiger partial charge >= 0.3 is 0 Å². The van der Waals surface area contributed by atoms with Crippen LogP contribution in [-0.2, 0) is 11.8 Å². The fourth-order valence-corrected chi connectivity index (χ4v) is 15.7. The van der Waals surface area contributed by atoms with E-state index in [-0.39, 0.29) is 12.1 Å². The Morgan fingerprint density at radius 3 is 1.59 bits per heavy atom. The van der Waals surface area contributed by atoms with Crippen LogP contribution in [0.2, 0.25) is 0 Å². The number of rotatable bonds is 9. The van der Waals surface area contributed by atoms with Crippen molar-refractivity contribution in [2.75, 3.05) is 4.90 Å². The average Bonchev–Trinajstić information content (AvgIpc) is 0.876. The number of fused-ring (bicyclic) bond motifs is 13. The van der Waals surface area contributed by atoms with Crippen LogP contribution in [0.15, 0.2) is 269 Å². The number of para-hydroxylation sites is 3. The standard InChI is InChI=1S/C80H60BN3OS/c1-5-6-22-55-45-73-77(61-31-18-21-34-72(61)85-73)76(52-27-14-9-15-28-52)79(55)84-70-48-57(82-66-32-19-16-29-59(66)62-43-53(35-41-68(62)82)50-23-10-7-11-24-50)37-39-64(70)81-65-40-38-58(49-74(65)86-75-47-56(80(2,3)4)46-71(84)78(75)81)83-67-33-20-17-30-60(67)63-44-54(36-42-69(63)83)51-25-12-8-13-26-51/h7-21,23-49H,5-6,22H2,1-4H3. The van der Waals surface area contributed by atoms with E-state index in [0.717, 1.165) is 52.6 Å². The topological polar surface area (TPSA) is 26.2 Å². The van der Waals surface area contributed by atoms with Gasteiger partial charge in [-0.25, -0.2) is 0 Å². The zero-order valence-electron chi connectivity index (χ0n) is 48.6. The zero-order chi connectivity index (χ0) is 57.4. The fourth-order valence-electron chi connectivity index (χ4n) is 14.4. The number of aryl methyl sites for hydroxylation is 1. The maximum absolute atomic E-state index is 6.95. The second kappa shape index (κ2) is 19.7. The lowest BCUT2D eigenvalue weighted by Crippen LogP contribution is -2.60. The van der Waals surface area contributed by atoms with Crippen molar-refractivity contribution in [1.29, 1.82) is 0 Å². The molecule has 6 heteroatoms. The van der Waals surface area contributed by atoms with Crippen LogP contribution >= 0.6 is 11.8 Å². The summed E-state index contributed by atoms with van der Waals surface area (Å²) < 4.78 is 12.0. The third-order valence-corrected chi connectivity index (χ3v) is 19.6. The molecule has 0 N–H and O–H groups in total. The second-order valence-electron chi connectivity index (χ2n) is 24.6. The highest BCUT2D eigenvalue weighted by Crippen LogP contribution is 2.53. The van der Waals surface area contributed by atoms with E-state index in [0.29, 0.717) is 0 Å². The first-order valence-corrected chi connectivity index (χ1v) is 31.2. The predicted molar refractivity (Wildman–Crippen MR) is 366 cm³/mol. The van der Waals surface area contributed by atoms with Gasteiger partial charge in [-0.2, -0.15) is 0 Å². The van der Waals surface area contributed by atoms with E-state index < -0.39 is 0 Å². The van der Waals surface area contributed by atoms with E-state index in [9.17, 15) is 0 Å². The van der Waals surface area contributed by atoms with Crippen molar-refractivity contribution in [2.24, 2.45) is 0 Å². The maximum Gasteiger partial charge on any atom is 0.249 e. The summed E-state index contributed by atoms with van der Waals surface area (Å²) in [6, 6.07) is 95.5. The van der Waals surface area contributed by atoms with Crippen molar-refractivity contribution >= 4 is 117 Å². The molecule has 3 aromatic heterocycles. The van der Waals surface area contributed by atoms with Crippen molar-refractivity contribution < 1.29 is 4.42 Å². The quantitative estimate of drug-likeness (QED) is 0.135. The highest BCUT2D eigenvalue weighted by atomic mass is 32.2. The van der Waals surface area contributed by atoms with Crippen LogP contribution in [0, 0.1) is 0 Å². The number of furan rings is 1. The highest BCUT2D eigenvalue weighted by Gasteiger charge is 2.44. The van der Waals surface area contributed by atoms with Crippen LogP contribution in [0.5, 0.6) is 0 Å². The van der Waals surface area contributed by atoms with E-state index in [1.54, 1.807) is 0 Å². The summed E-state index contributed by atoms with van der Waals surface area (Å²) in [5.74, 6) is 0. The summed E-state index contributed by atoms with van der Waals surface area (Å²) in [4.78, 5) is 5.31. The van der Waals surface area contributed by atoms with Gasteiger partial charge in [-0.3, -0.25) is 0 Å². The van der Waals surface area contributed by atoms with Gasteiger partial charge in [-0.15, -0.1) is 0 Å².